The summed E-state index contributed by atoms with van der Waals surface area (Å²) in [4.78, 5) is 0. The summed E-state index contributed by atoms with van der Waals surface area (Å²) in [5.41, 5.74) is 15.1. The maximum Gasteiger partial charge on any atom is 0.0541 e. The fourth-order valence-electron chi connectivity index (χ4n) is 4.54. The van der Waals surface area contributed by atoms with Crippen molar-refractivity contribution in [1.82, 2.24) is 4.57 Å². The summed E-state index contributed by atoms with van der Waals surface area (Å²) in [5, 5.41) is 2.51. The minimum absolute atomic E-state index is 0.783. The lowest BCUT2D eigenvalue weighted by Gasteiger charge is -2.10. The number of aromatic nitrogens is 1. The van der Waals surface area contributed by atoms with Crippen molar-refractivity contribution in [3.05, 3.63) is 121 Å². The standard InChI is InChI=1S/C30H22N2/c31-25-15-10-23(11-16-25)24-14-19-30-28(20-24)27-8-4-5-9-29(27)32(30)26-17-12-22(13-18-26)21-6-2-1-3-7-21/h1-20H,31H2. The molecule has 0 atom stereocenters. The Morgan fingerprint density at radius 3 is 1.78 bits per heavy atom. The largest absolute Gasteiger partial charge is 0.399 e. The molecule has 0 amide bonds. The second-order valence-electron chi connectivity index (χ2n) is 8.12. The molecule has 0 radical (unpaired) electrons. The van der Waals surface area contributed by atoms with Crippen molar-refractivity contribution in [2.75, 3.05) is 5.73 Å². The highest BCUT2D eigenvalue weighted by Gasteiger charge is 2.13. The van der Waals surface area contributed by atoms with Gasteiger partial charge in [0.1, 0.15) is 0 Å². The van der Waals surface area contributed by atoms with Crippen molar-refractivity contribution in [2.24, 2.45) is 0 Å². The number of hydrogen-bond donors (Lipinski definition) is 1. The monoisotopic (exact) mass is 410 g/mol. The molecule has 0 saturated carbocycles. The van der Waals surface area contributed by atoms with E-state index in [-0.39, 0.29) is 0 Å². The van der Waals surface area contributed by atoms with Crippen LogP contribution in [0.4, 0.5) is 5.69 Å². The lowest BCUT2D eigenvalue weighted by atomic mass is 10.0. The van der Waals surface area contributed by atoms with Crippen LogP contribution in [0.2, 0.25) is 0 Å². The summed E-state index contributed by atoms with van der Waals surface area (Å²) in [6, 6.07) is 42.7. The van der Waals surface area contributed by atoms with Gasteiger partial charge in [0.2, 0.25) is 0 Å². The Bertz CT molecular complexity index is 1540. The van der Waals surface area contributed by atoms with Crippen molar-refractivity contribution in [3.63, 3.8) is 0 Å². The molecule has 1 heterocycles. The number of benzene rings is 5. The van der Waals surface area contributed by atoms with Crippen LogP contribution in [0.1, 0.15) is 0 Å². The predicted molar refractivity (Wildman–Crippen MR) is 136 cm³/mol. The van der Waals surface area contributed by atoms with E-state index >= 15 is 0 Å². The Morgan fingerprint density at radius 2 is 1.00 bits per heavy atom. The molecule has 6 aromatic rings. The zero-order valence-electron chi connectivity index (χ0n) is 17.6. The van der Waals surface area contributed by atoms with E-state index in [1.807, 2.05) is 12.1 Å². The molecule has 2 nitrogen and oxygen atoms in total. The van der Waals surface area contributed by atoms with Crippen LogP contribution in [0.3, 0.4) is 0 Å². The first-order valence-electron chi connectivity index (χ1n) is 10.8. The topological polar surface area (TPSA) is 30.9 Å². The van der Waals surface area contributed by atoms with E-state index in [2.05, 4.69) is 114 Å². The Morgan fingerprint density at radius 1 is 0.438 bits per heavy atom. The van der Waals surface area contributed by atoms with Crippen LogP contribution in [-0.4, -0.2) is 4.57 Å². The molecule has 2 heteroatoms. The van der Waals surface area contributed by atoms with E-state index in [0.717, 1.165) is 11.4 Å². The maximum absolute atomic E-state index is 5.88. The minimum atomic E-state index is 0.783. The highest BCUT2D eigenvalue weighted by molar-refractivity contribution is 6.10. The molecule has 0 unspecified atom stereocenters. The van der Waals surface area contributed by atoms with E-state index in [4.69, 9.17) is 5.73 Å². The molecule has 5 aromatic carbocycles. The van der Waals surface area contributed by atoms with Crippen LogP contribution in [0.25, 0.3) is 49.7 Å². The summed E-state index contributed by atoms with van der Waals surface area (Å²) in [7, 11) is 0. The molecule has 0 spiro atoms. The van der Waals surface area contributed by atoms with Crippen molar-refractivity contribution in [1.29, 1.82) is 0 Å². The molecular weight excluding hydrogens is 388 g/mol. The third-order valence-corrected chi connectivity index (χ3v) is 6.15. The van der Waals surface area contributed by atoms with Crippen molar-refractivity contribution >= 4 is 27.5 Å². The molecule has 6 rings (SSSR count). The fraction of sp³-hybridized carbons (Fsp3) is 0. The van der Waals surface area contributed by atoms with Gasteiger partial charge in [-0.25, -0.2) is 0 Å². The highest BCUT2D eigenvalue weighted by Crippen LogP contribution is 2.35. The van der Waals surface area contributed by atoms with E-state index in [1.165, 1.54) is 44.1 Å². The Hall–Kier alpha value is -4.30. The second-order valence-corrected chi connectivity index (χ2v) is 8.12. The van der Waals surface area contributed by atoms with Crippen LogP contribution in [0, 0.1) is 0 Å². The lowest BCUT2D eigenvalue weighted by molar-refractivity contribution is 1.18. The van der Waals surface area contributed by atoms with E-state index < -0.39 is 0 Å². The average molecular weight is 411 g/mol. The first-order chi connectivity index (χ1) is 15.8. The first kappa shape index (κ1) is 18.5. The zero-order valence-corrected chi connectivity index (χ0v) is 17.6. The van der Waals surface area contributed by atoms with Crippen molar-refractivity contribution in [3.8, 4) is 27.9 Å². The fourth-order valence-corrected chi connectivity index (χ4v) is 4.54. The average Bonchev–Trinajstić information content (AvgIpc) is 3.19. The molecule has 0 aliphatic heterocycles. The van der Waals surface area contributed by atoms with Gasteiger partial charge >= 0.3 is 0 Å². The van der Waals surface area contributed by atoms with Gasteiger partial charge in [0, 0.05) is 22.1 Å². The number of anilines is 1. The van der Waals surface area contributed by atoms with Gasteiger partial charge in [-0.05, 0) is 64.7 Å². The molecule has 0 saturated heterocycles. The highest BCUT2D eigenvalue weighted by atomic mass is 15.0. The molecule has 1 aromatic heterocycles. The summed E-state index contributed by atoms with van der Waals surface area (Å²) in [6.07, 6.45) is 0. The summed E-state index contributed by atoms with van der Waals surface area (Å²) in [6.45, 7) is 0. The lowest BCUT2D eigenvalue weighted by Crippen LogP contribution is -1.93. The predicted octanol–water partition coefficient (Wildman–Crippen LogP) is 7.70. The van der Waals surface area contributed by atoms with Gasteiger partial charge < -0.3 is 10.3 Å². The van der Waals surface area contributed by atoms with Gasteiger partial charge in [-0.3, -0.25) is 0 Å². The van der Waals surface area contributed by atoms with Gasteiger partial charge in [0.05, 0.1) is 11.0 Å². The van der Waals surface area contributed by atoms with Crippen LogP contribution in [-0.2, 0) is 0 Å². The molecule has 152 valence electrons. The van der Waals surface area contributed by atoms with Crippen LogP contribution in [0.15, 0.2) is 121 Å². The third kappa shape index (κ3) is 3.05. The molecule has 0 aliphatic carbocycles. The van der Waals surface area contributed by atoms with Crippen molar-refractivity contribution in [2.45, 2.75) is 0 Å². The van der Waals surface area contributed by atoms with Crippen LogP contribution < -0.4 is 5.73 Å². The number of hydrogen-bond acceptors (Lipinski definition) is 1. The molecule has 32 heavy (non-hydrogen) atoms. The molecule has 0 fully saturated rings. The molecule has 0 aliphatic rings. The van der Waals surface area contributed by atoms with Crippen molar-refractivity contribution < 1.29 is 0 Å². The minimum Gasteiger partial charge on any atom is -0.399 e. The van der Waals surface area contributed by atoms with Gasteiger partial charge in [-0.2, -0.15) is 0 Å². The normalized spacial score (nSPS) is 11.2. The Labute approximate surface area is 187 Å². The number of fused-ring (bicyclic) bond motifs is 3. The van der Waals surface area contributed by atoms with E-state index in [1.54, 1.807) is 0 Å². The summed E-state index contributed by atoms with van der Waals surface area (Å²) < 4.78 is 2.35. The van der Waals surface area contributed by atoms with Gasteiger partial charge in [-0.1, -0.05) is 78.9 Å². The van der Waals surface area contributed by atoms with E-state index in [9.17, 15) is 0 Å². The Kier molecular flexibility index (Phi) is 4.29. The second kappa shape index (κ2) is 7.44. The number of rotatable bonds is 3. The Balaban J connectivity index is 1.53. The maximum atomic E-state index is 5.88. The molecule has 2 N–H and O–H groups in total. The van der Waals surface area contributed by atoms with Gasteiger partial charge in [0.15, 0.2) is 0 Å². The van der Waals surface area contributed by atoms with E-state index in [0.29, 0.717) is 0 Å². The van der Waals surface area contributed by atoms with Gasteiger partial charge in [-0.15, -0.1) is 0 Å². The third-order valence-electron chi connectivity index (χ3n) is 6.15. The summed E-state index contributed by atoms with van der Waals surface area (Å²) >= 11 is 0. The van der Waals surface area contributed by atoms with Gasteiger partial charge in [0.25, 0.3) is 0 Å². The van der Waals surface area contributed by atoms with Crippen LogP contribution in [0.5, 0.6) is 0 Å². The first-order valence-corrected chi connectivity index (χ1v) is 10.8. The number of nitrogens with zero attached hydrogens (tertiary/aromatic N) is 1. The van der Waals surface area contributed by atoms with Crippen LogP contribution >= 0.6 is 0 Å². The number of nitrogens with two attached hydrogens (primary N) is 1. The quantitative estimate of drug-likeness (QED) is 0.298. The number of para-hydroxylation sites is 1. The number of nitrogen functional groups attached to an aromatic ring is 1. The molecule has 0 bridgehead atoms. The SMILES string of the molecule is Nc1ccc(-c2ccc3c(c2)c2ccccc2n3-c2ccc(-c3ccccc3)cc2)cc1. The smallest absolute Gasteiger partial charge is 0.0541 e. The zero-order chi connectivity index (χ0) is 21.5. The molecular formula is C30H22N2. The summed E-state index contributed by atoms with van der Waals surface area (Å²) in [5.74, 6) is 0.